The molecule has 0 aliphatic heterocycles. The average molecular weight is 261 g/mol. The van der Waals surface area contributed by atoms with Gasteiger partial charge < -0.3 is 5.73 Å². The zero-order valence-corrected chi connectivity index (χ0v) is 11.3. The lowest BCUT2D eigenvalue weighted by Crippen LogP contribution is -2.58. The molecule has 0 amide bonds. The molecule has 0 bridgehead atoms. The highest BCUT2D eigenvalue weighted by Crippen LogP contribution is 2.34. The van der Waals surface area contributed by atoms with Crippen molar-refractivity contribution in [2.24, 2.45) is 5.73 Å². The molecule has 0 spiro atoms. The number of likely N-dealkylation sites (N-methyl/N-ethyl adjacent to an activating group) is 1. The molecule has 2 rings (SSSR count). The Morgan fingerprint density at radius 2 is 1.88 bits per heavy atom. The van der Waals surface area contributed by atoms with Gasteiger partial charge in [0.15, 0.2) is 0 Å². The Morgan fingerprint density at radius 1 is 1.29 bits per heavy atom. The van der Waals surface area contributed by atoms with Crippen LogP contribution in [0, 0.1) is 0 Å². The van der Waals surface area contributed by atoms with Crippen LogP contribution in [-0.2, 0) is 10.2 Å². The van der Waals surface area contributed by atoms with Gasteiger partial charge in [-0.3, -0.25) is 0 Å². The minimum atomic E-state index is -3.36. The van der Waals surface area contributed by atoms with E-state index in [1.165, 1.54) is 10.7 Å². The van der Waals surface area contributed by atoms with Gasteiger partial charge in [-0.05, 0) is 25.7 Å². The fraction of sp³-hybridized carbons (Fsp3) is 1.00. The molecule has 2 aliphatic rings. The first-order valence-electron chi connectivity index (χ1n) is 6.46. The van der Waals surface area contributed by atoms with Crippen LogP contribution in [0.2, 0.25) is 0 Å². The lowest BCUT2D eigenvalue weighted by molar-refractivity contribution is 0.157. The SMILES string of the molecule is CN(C1(CN)CCCCC1)S(=O)(=O)NC1CC1. The number of hydrogen-bond acceptors (Lipinski definition) is 3. The van der Waals surface area contributed by atoms with Crippen LogP contribution >= 0.6 is 0 Å². The highest BCUT2D eigenvalue weighted by Gasteiger charge is 2.42. The maximum absolute atomic E-state index is 12.2. The van der Waals surface area contributed by atoms with Crippen molar-refractivity contribution in [3.05, 3.63) is 0 Å². The molecule has 2 saturated carbocycles. The maximum Gasteiger partial charge on any atom is 0.279 e. The van der Waals surface area contributed by atoms with Crippen molar-refractivity contribution in [3.8, 4) is 0 Å². The minimum Gasteiger partial charge on any atom is -0.329 e. The third-order valence-corrected chi connectivity index (χ3v) is 5.83. The molecule has 0 aromatic heterocycles. The van der Waals surface area contributed by atoms with E-state index >= 15 is 0 Å². The average Bonchev–Trinajstić information content (AvgIpc) is 3.12. The molecule has 100 valence electrons. The van der Waals surface area contributed by atoms with E-state index in [0.717, 1.165) is 38.5 Å². The van der Waals surface area contributed by atoms with E-state index in [9.17, 15) is 8.42 Å². The number of nitrogens with zero attached hydrogens (tertiary/aromatic N) is 1. The van der Waals surface area contributed by atoms with Gasteiger partial charge in [0.1, 0.15) is 0 Å². The number of hydrogen-bond donors (Lipinski definition) is 2. The van der Waals surface area contributed by atoms with Gasteiger partial charge in [-0.2, -0.15) is 17.4 Å². The maximum atomic E-state index is 12.2. The summed E-state index contributed by atoms with van der Waals surface area (Å²) in [6, 6.07) is 0.154. The van der Waals surface area contributed by atoms with Crippen LogP contribution in [0.5, 0.6) is 0 Å². The molecule has 0 atom stereocenters. The molecule has 0 radical (unpaired) electrons. The fourth-order valence-corrected chi connectivity index (χ4v) is 4.19. The summed E-state index contributed by atoms with van der Waals surface area (Å²) in [4.78, 5) is 0. The molecule has 17 heavy (non-hydrogen) atoms. The monoisotopic (exact) mass is 261 g/mol. The Balaban J connectivity index is 2.11. The van der Waals surface area contributed by atoms with Gasteiger partial charge in [0.05, 0.1) is 0 Å². The zero-order chi connectivity index (χ0) is 12.5. The van der Waals surface area contributed by atoms with Gasteiger partial charge in [-0.1, -0.05) is 19.3 Å². The van der Waals surface area contributed by atoms with Crippen LogP contribution in [0.25, 0.3) is 0 Å². The molecule has 0 heterocycles. The van der Waals surface area contributed by atoms with Gasteiger partial charge in [0.2, 0.25) is 0 Å². The lowest BCUT2D eigenvalue weighted by Gasteiger charge is -2.42. The Labute approximate surface area is 104 Å². The van der Waals surface area contributed by atoms with Crippen molar-refractivity contribution in [1.82, 2.24) is 9.03 Å². The van der Waals surface area contributed by atoms with E-state index in [1.807, 2.05) is 0 Å². The van der Waals surface area contributed by atoms with Crippen molar-refractivity contribution >= 4 is 10.2 Å². The third-order valence-electron chi connectivity index (χ3n) is 4.09. The smallest absolute Gasteiger partial charge is 0.279 e. The van der Waals surface area contributed by atoms with Crippen LogP contribution in [0.4, 0.5) is 0 Å². The summed E-state index contributed by atoms with van der Waals surface area (Å²) >= 11 is 0. The summed E-state index contributed by atoms with van der Waals surface area (Å²) in [6.45, 7) is 0.412. The standard InChI is InChI=1S/C11H23N3O2S/c1-14(17(15,16)13-10-5-6-10)11(9-12)7-3-2-4-8-11/h10,13H,2-9,12H2,1H3. The Kier molecular flexibility index (Phi) is 3.77. The molecular weight excluding hydrogens is 238 g/mol. The zero-order valence-electron chi connectivity index (χ0n) is 10.5. The van der Waals surface area contributed by atoms with Gasteiger partial charge in [-0.25, -0.2) is 0 Å². The quantitative estimate of drug-likeness (QED) is 0.760. The summed E-state index contributed by atoms with van der Waals surface area (Å²) in [5, 5.41) is 0. The predicted molar refractivity (Wildman–Crippen MR) is 67.7 cm³/mol. The second-order valence-corrected chi connectivity index (χ2v) is 7.09. The molecule has 5 nitrogen and oxygen atoms in total. The summed E-state index contributed by atoms with van der Waals surface area (Å²) in [7, 11) is -1.69. The molecule has 0 aromatic carbocycles. The second kappa shape index (κ2) is 4.84. The van der Waals surface area contributed by atoms with Crippen LogP contribution in [0.15, 0.2) is 0 Å². The Hall–Kier alpha value is -0.170. The van der Waals surface area contributed by atoms with Crippen LogP contribution in [-0.4, -0.2) is 37.9 Å². The predicted octanol–water partition coefficient (Wildman–Crippen LogP) is 0.577. The molecule has 0 aromatic rings. The fourth-order valence-electron chi connectivity index (χ4n) is 2.60. The van der Waals surface area contributed by atoms with E-state index in [0.29, 0.717) is 6.54 Å². The van der Waals surface area contributed by atoms with Crippen LogP contribution in [0.3, 0.4) is 0 Å². The normalized spacial score (nSPS) is 25.1. The first-order valence-corrected chi connectivity index (χ1v) is 7.90. The number of nitrogens with one attached hydrogen (secondary N) is 1. The molecule has 2 aliphatic carbocycles. The van der Waals surface area contributed by atoms with E-state index in [2.05, 4.69) is 4.72 Å². The molecule has 6 heteroatoms. The Morgan fingerprint density at radius 3 is 2.35 bits per heavy atom. The highest BCUT2D eigenvalue weighted by atomic mass is 32.2. The van der Waals surface area contributed by atoms with Crippen molar-refractivity contribution in [2.75, 3.05) is 13.6 Å². The first-order chi connectivity index (χ1) is 8.00. The third kappa shape index (κ3) is 2.81. The molecule has 3 N–H and O–H groups in total. The van der Waals surface area contributed by atoms with E-state index in [-0.39, 0.29) is 11.6 Å². The summed E-state index contributed by atoms with van der Waals surface area (Å²) < 4.78 is 28.6. The first kappa shape index (κ1) is 13.3. The molecule has 0 saturated heterocycles. The van der Waals surface area contributed by atoms with Crippen LogP contribution in [0.1, 0.15) is 44.9 Å². The van der Waals surface area contributed by atoms with E-state index < -0.39 is 10.2 Å². The number of nitrogens with two attached hydrogens (primary N) is 1. The van der Waals surface area contributed by atoms with Gasteiger partial charge in [-0.15, -0.1) is 0 Å². The summed E-state index contributed by atoms with van der Waals surface area (Å²) in [6.07, 6.45) is 7.01. The number of rotatable bonds is 5. The van der Waals surface area contributed by atoms with Crippen molar-refractivity contribution in [2.45, 2.75) is 56.5 Å². The minimum absolute atomic E-state index is 0.154. The Bertz CT molecular complexity index is 359. The van der Waals surface area contributed by atoms with Crippen LogP contribution < -0.4 is 10.5 Å². The summed E-state index contributed by atoms with van der Waals surface area (Å²) in [5.41, 5.74) is 5.49. The van der Waals surface area contributed by atoms with E-state index in [4.69, 9.17) is 5.73 Å². The summed E-state index contributed by atoms with van der Waals surface area (Å²) in [5.74, 6) is 0. The van der Waals surface area contributed by atoms with Crippen molar-refractivity contribution < 1.29 is 8.42 Å². The van der Waals surface area contributed by atoms with E-state index in [1.54, 1.807) is 7.05 Å². The topological polar surface area (TPSA) is 75.4 Å². The van der Waals surface area contributed by atoms with Crippen molar-refractivity contribution in [3.63, 3.8) is 0 Å². The highest BCUT2D eigenvalue weighted by molar-refractivity contribution is 7.87. The lowest BCUT2D eigenvalue weighted by atomic mass is 9.82. The van der Waals surface area contributed by atoms with Crippen molar-refractivity contribution in [1.29, 1.82) is 0 Å². The molecular formula is C11H23N3O2S. The largest absolute Gasteiger partial charge is 0.329 e. The second-order valence-electron chi connectivity index (χ2n) is 5.35. The van der Waals surface area contributed by atoms with Gasteiger partial charge in [0.25, 0.3) is 10.2 Å². The van der Waals surface area contributed by atoms with Gasteiger partial charge >= 0.3 is 0 Å². The van der Waals surface area contributed by atoms with Gasteiger partial charge in [0, 0.05) is 25.2 Å². The molecule has 0 unspecified atom stereocenters. The molecule has 2 fully saturated rings.